The zero-order valence-corrected chi connectivity index (χ0v) is 16.8. The molecule has 0 unspecified atom stereocenters. The Labute approximate surface area is 171 Å². The SMILES string of the molecule is COc1ccc(CC(=O)Nc2nnc(COc3ccc(Cl)cc3)s2)cc1OC. The molecule has 0 saturated carbocycles. The van der Waals surface area contributed by atoms with Crippen molar-refractivity contribution in [3.8, 4) is 17.2 Å². The van der Waals surface area contributed by atoms with Gasteiger partial charge in [0.1, 0.15) is 12.4 Å². The lowest BCUT2D eigenvalue weighted by atomic mass is 10.1. The number of aromatic nitrogens is 2. The first kappa shape index (κ1) is 19.9. The van der Waals surface area contributed by atoms with Gasteiger partial charge in [-0.05, 0) is 42.0 Å². The van der Waals surface area contributed by atoms with E-state index in [1.54, 1.807) is 50.6 Å². The van der Waals surface area contributed by atoms with Crippen molar-refractivity contribution in [2.24, 2.45) is 0 Å². The van der Waals surface area contributed by atoms with E-state index in [9.17, 15) is 4.79 Å². The summed E-state index contributed by atoms with van der Waals surface area (Å²) in [5, 5.41) is 12.5. The minimum atomic E-state index is -0.200. The lowest BCUT2D eigenvalue weighted by Gasteiger charge is -2.09. The predicted octanol–water partition coefficient (Wildman–Crippen LogP) is 3.97. The average molecular weight is 420 g/mol. The van der Waals surface area contributed by atoms with Crippen molar-refractivity contribution in [3.05, 3.63) is 58.1 Å². The van der Waals surface area contributed by atoms with Gasteiger partial charge in [0.25, 0.3) is 0 Å². The third kappa shape index (κ3) is 5.34. The van der Waals surface area contributed by atoms with Gasteiger partial charge in [-0.15, -0.1) is 10.2 Å². The third-order valence-corrected chi connectivity index (χ3v) is 4.77. The van der Waals surface area contributed by atoms with Crippen molar-refractivity contribution < 1.29 is 19.0 Å². The maximum Gasteiger partial charge on any atom is 0.230 e. The molecule has 0 aliphatic heterocycles. The Bertz CT molecular complexity index is 947. The van der Waals surface area contributed by atoms with Crippen LogP contribution in [-0.4, -0.2) is 30.3 Å². The minimum absolute atomic E-state index is 0.177. The summed E-state index contributed by atoms with van der Waals surface area (Å²) >= 11 is 7.10. The highest BCUT2D eigenvalue weighted by Crippen LogP contribution is 2.28. The molecule has 1 aromatic heterocycles. The monoisotopic (exact) mass is 419 g/mol. The molecule has 28 heavy (non-hydrogen) atoms. The molecule has 0 atom stereocenters. The number of amides is 1. The molecule has 0 saturated heterocycles. The van der Waals surface area contributed by atoms with Gasteiger partial charge in [0.05, 0.1) is 20.6 Å². The van der Waals surface area contributed by atoms with Gasteiger partial charge in [-0.3, -0.25) is 4.79 Å². The quantitative estimate of drug-likeness (QED) is 0.594. The molecule has 3 aromatic rings. The molecule has 3 rings (SSSR count). The molecule has 0 fully saturated rings. The Balaban J connectivity index is 1.54. The van der Waals surface area contributed by atoms with E-state index in [0.717, 1.165) is 5.56 Å². The zero-order chi connectivity index (χ0) is 19.9. The Kier molecular flexibility index (Phi) is 6.67. The summed E-state index contributed by atoms with van der Waals surface area (Å²) < 4.78 is 16.1. The van der Waals surface area contributed by atoms with Crippen molar-refractivity contribution in [1.82, 2.24) is 10.2 Å². The Morgan fingerprint density at radius 2 is 1.82 bits per heavy atom. The van der Waals surface area contributed by atoms with Crippen LogP contribution in [0, 0.1) is 0 Å². The number of ether oxygens (including phenoxy) is 3. The van der Waals surface area contributed by atoms with E-state index >= 15 is 0 Å². The number of carbonyl (C=O) groups is 1. The molecular formula is C19H18ClN3O4S. The number of rotatable bonds is 8. The normalized spacial score (nSPS) is 10.4. The van der Waals surface area contributed by atoms with Crippen LogP contribution >= 0.6 is 22.9 Å². The van der Waals surface area contributed by atoms with Crippen LogP contribution in [0.4, 0.5) is 5.13 Å². The maximum atomic E-state index is 12.3. The summed E-state index contributed by atoms with van der Waals surface area (Å²) in [5.41, 5.74) is 0.797. The highest BCUT2D eigenvalue weighted by atomic mass is 35.5. The summed E-state index contributed by atoms with van der Waals surface area (Å²) in [5.74, 6) is 1.67. The van der Waals surface area contributed by atoms with Gasteiger partial charge < -0.3 is 19.5 Å². The summed E-state index contributed by atoms with van der Waals surface area (Å²) in [4.78, 5) is 12.3. The van der Waals surface area contributed by atoms with Crippen LogP contribution in [0.15, 0.2) is 42.5 Å². The standard InChI is InChI=1S/C19H18ClN3O4S/c1-25-15-8-3-12(9-16(15)26-2)10-17(24)21-19-23-22-18(28-19)11-27-14-6-4-13(20)5-7-14/h3-9H,10-11H2,1-2H3,(H,21,23,24). The van der Waals surface area contributed by atoms with Crippen LogP contribution in [-0.2, 0) is 17.8 Å². The first-order valence-electron chi connectivity index (χ1n) is 8.29. The van der Waals surface area contributed by atoms with E-state index in [4.69, 9.17) is 25.8 Å². The molecule has 1 amide bonds. The number of nitrogens with zero attached hydrogens (tertiary/aromatic N) is 2. The van der Waals surface area contributed by atoms with Crippen molar-refractivity contribution in [3.63, 3.8) is 0 Å². The highest BCUT2D eigenvalue weighted by molar-refractivity contribution is 7.15. The average Bonchev–Trinajstić information content (AvgIpc) is 3.14. The second-order valence-corrected chi connectivity index (χ2v) is 7.16. The van der Waals surface area contributed by atoms with Crippen molar-refractivity contribution in [2.75, 3.05) is 19.5 Å². The lowest BCUT2D eigenvalue weighted by Crippen LogP contribution is -2.14. The Hall–Kier alpha value is -2.84. The third-order valence-electron chi connectivity index (χ3n) is 3.70. The molecule has 0 spiro atoms. The van der Waals surface area contributed by atoms with E-state index in [-0.39, 0.29) is 18.9 Å². The van der Waals surface area contributed by atoms with Gasteiger partial charge >= 0.3 is 0 Å². The summed E-state index contributed by atoms with van der Waals surface area (Å²) in [6, 6.07) is 12.4. The van der Waals surface area contributed by atoms with Gasteiger partial charge in [0, 0.05) is 5.02 Å². The highest BCUT2D eigenvalue weighted by Gasteiger charge is 2.11. The Morgan fingerprint density at radius 3 is 2.54 bits per heavy atom. The van der Waals surface area contributed by atoms with Gasteiger partial charge in [-0.25, -0.2) is 0 Å². The van der Waals surface area contributed by atoms with Crippen molar-refractivity contribution in [1.29, 1.82) is 0 Å². The van der Waals surface area contributed by atoms with Gasteiger partial charge in [0.15, 0.2) is 16.5 Å². The van der Waals surface area contributed by atoms with Crippen molar-refractivity contribution in [2.45, 2.75) is 13.0 Å². The van der Waals surface area contributed by atoms with Gasteiger partial charge in [0.2, 0.25) is 11.0 Å². The van der Waals surface area contributed by atoms with Crippen LogP contribution < -0.4 is 19.5 Å². The topological polar surface area (TPSA) is 82.6 Å². The molecule has 7 nitrogen and oxygen atoms in total. The summed E-state index contributed by atoms with van der Waals surface area (Å²) in [6.07, 6.45) is 0.177. The van der Waals surface area contributed by atoms with E-state index in [2.05, 4.69) is 15.5 Å². The van der Waals surface area contributed by atoms with E-state index in [1.807, 2.05) is 6.07 Å². The smallest absolute Gasteiger partial charge is 0.230 e. The number of carbonyl (C=O) groups excluding carboxylic acids is 1. The van der Waals surface area contributed by atoms with E-state index in [1.165, 1.54) is 11.3 Å². The number of anilines is 1. The van der Waals surface area contributed by atoms with E-state index in [0.29, 0.717) is 32.4 Å². The van der Waals surface area contributed by atoms with Crippen LogP contribution in [0.5, 0.6) is 17.2 Å². The fourth-order valence-electron chi connectivity index (χ4n) is 2.38. The Morgan fingerprint density at radius 1 is 1.07 bits per heavy atom. The number of hydrogen-bond acceptors (Lipinski definition) is 7. The first-order chi connectivity index (χ1) is 13.6. The van der Waals surface area contributed by atoms with Crippen LogP contribution in [0.3, 0.4) is 0 Å². The molecule has 0 aliphatic carbocycles. The predicted molar refractivity (Wildman–Crippen MR) is 108 cm³/mol. The number of halogens is 1. The molecular weight excluding hydrogens is 402 g/mol. The van der Waals surface area contributed by atoms with Crippen LogP contribution in [0.1, 0.15) is 10.6 Å². The van der Waals surface area contributed by atoms with Crippen LogP contribution in [0.25, 0.3) is 0 Å². The second-order valence-electron chi connectivity index (χ2n) is 5.66. The zero-order valence-electron chi connectivity index (χ0n) is 15.3. The largest absolute Gasteiger partial charge is 0.493 e. The summed E-state index contributed by atoms with van der Waals surface area (Å²) in [6.45, 7) is 0.255. The van der Waals surface area contributed by atoms with Crippen molar-refractivity contribution >= 4 is 34.0 Å². The molecule has 0 bridgehead atoms. The number of methoxy groups -OCH3 is 2. The lowest BCUT2D eigenvalue weighted by molar-refractivity contribution is -0.115. The van der Waals surface area contributed by atoms with E-state index < -0.39 is 0 Å². The number of hydrogen-bond donors (Lipinski definition) is 1. The number of nitrogens with one attached hydrogen (secondary N) is 1. The van der Waals surface area contributed by atoms with Crippen LogP contribution in [0.2, 0.25) is 5.02 Å². The molecule has 0 aliphatic rings. The minimum Gasteiger partial charge on any atom is -0.493 e. The maximum absolute atomic E-state index is 12.3. The second kappa shape index (κ2) is 9.38. The molecule has 146 valence electrons. The fraction of sp³-hybridized carbons (Fsp3) is 0.211. The number of benzene rings is 2. The molecule has 2 aromatic carbocycles. The fourth-order valence-corrected chi connectivity index (χ4v) is 3.17. The molecule has 0 radical (unpaired) electrons. The molecule has 1 N–H and O–H groups in total. The first-order valence-corrected chi connectivity index (χ1v) is 9.48. The van der Waals surface area contributed by atoms with Gasteiger partial charge in [-0.2, -0.15) is 0 Å². The summed E-state index contributed by atoms with van der Waals surface area (Å²) in [7, 11) is 3.12. The molecule has 1 heterocycles. The molecule has 9 heteroatoms. The van der Waals surface area contributed by atoms with Gasteiger partial charge in [-0.1, -0.05) is 29.0 Å².